The van der Waals surface area contributed by atoms with Crippen LogP contribution < -0.4 is 0 Å². The fourth-order valence-corrected chi connectivity index (χ4v) is 3.58. The molecule has 1 aromatic carbocycles. The smallest absolute Gasteiger partial charge is 0.319 e. The largest absolute Gasteiger partial charge is 0.480 e. The lowest BCUT2D eigenvalue weighted by atomic mass is 9.66. The molecule has 0 bridgehead atoms. The lowest BCUT2D eigenvalue weighted by molar-refractivity contribution is -0.148. The summed E-state index contributed by atoms with van der Waals surface area (Å²) in [5.41, 5.74) is -1.05. The Morgan fingerprint density at radius 2 is 1.75 bits per heavy atom. The number of ketones is 1. The Balaban J connectivity index is 2.40. The first-order valence-electron chi connectivity index (χ1n) is 7.02. The summed E-state index contributed by atoms with van der Waals surface area (Å²) in [6.45, 7) is 0. The number of carbonyl (C=O) groups excluding carboxylic acids is 1. The van der Waals surface area contributed by atoms with E-state index in [1.54, 1.807) is 30.3 Å². The first kappa shape index (κ1) is 15.0. The van der Waals surface area contributed by atoms with E-state index in [0.29, 0.717) is 5.56 Å². The van der Waals surface area contributed by atoms with Crippen LogP contribution in [-0.2, 0) is 4.79 Å². The van der Waals surface area contributed by atoms with Gasteiger partial charge in [-0.15, -0.1) is 11.6 Å². The van der Waals surface area contributed by atoms with Gasteiger partial charge < -0.3 is 5.11 Å². The van der Waals surface area contributed by atoms with Crippen molar-refractivity contribution in [3.8, 4) is 0 Å². The molecular weight excluding hydrogens is 276 g/mol. The molecule has 1 N–H and O–H groups in total. The Morgan fingerprint density at radius 1 is 1.15 bits per heavy atom. The lowest BCUT2D eigenvalue weighted by Crippen LogP contribution is -2.48. The number of carboxylic acid groups (broad SMARTS) is 1. The third-order valence-corrected chi connectivity index (χ3v) is 4.76. The molecule has 0 spiro atoms. The number of hydrogen-bond acceptors (Lipinski definition) is 2. The number of benzene rings is 1. The number of halogens is 1. The van der Waals surface area contributed by atoms with Crippen LogP contribution in [0.4, 0.5) is 0 Å². The van der Waals surface area contributed by atoms with Crippen molar-refractivity contribution >= 4 is 23.4 Å². The summed E-state index contributed by atoms with van der Waals surface area (Å²) in [5.74, 6) is -1.78. The van der Waals surface area contributed by atoms with Crippen molar-refractivity contribution in [1.29, 1.82) is 0 Å². The van der Waals surface area contributed by atoms with Crippen LogP contribution in [0.15, 0.2) is 30.3 Å². The van der Waals surface area contributed by atoms with Crippen LogP contribution in [0.2, 0.25) is 0 Å². The van der Waals surface area contributed by atoms with Gasteiger partial charge in [0, 0.05) is 11.4 Å². The molecule has 0 amide bonds. The van der Waals surface area contributed by atoms with Crippen LogP contribution in [0, 0.1) is 11.3 Å². The van der Waals surface area contributed by atoms with E-state index in [1.807, 2.05) is 0 Å². The topological polar surface area (TPSA) is 54.4 Å². The van der Waals surface area contributed by atoms with Crippen LogP contribution in [-0.4, -0.2) is 22.7 Å². The minimum absolute atomic E-state index is 0.166. The average Bonchev–Trinajstić information content (AvgIpc) is 2.50. The van der Waals surface area contributed by atoms with E-state index in [0.717, 1.165) is 32.1 Å². The molecule has 0 saturated heterocycles. The zero-order valence-corrected chi connectivity index (χ0v) is 12.1. The number of rotatable bonds is 5. The predicted molar refractivity (Wildman–Crippen MR) is 78.1 cm³/mol. The van der Waals surface area contributed by atoms with E-state index in [1.165, 1.54) is 0 Å². The summed E-state index contributed by atoms with van der Waals surface area (Å²) < 4.78 is 0. The maximum Gasteiger partial charge on any atom is 0.319 e. The molecule has 0 aromatic heterocycles. The van der Waals surface area contributed by atoms with Gasteiger partial charge in [0.2, 0.25) is 0 Å². The first-order valence-corrected chi connectivity index (χ1v) is 7.55. The summed E-state index contributed by atoms with van der Waals surface area (Å²) in [4.78, 5) is 24.6. The highest BCUT2D eigenvalue weighted by molar-refractivity contribution is 6.25. The third kappa shape index (κ3) is 2.59. The van der Waals surface area contributed by atoms with E-state index >= 15 is 0 Å². The molecule has 20 heavy (non-hydrogen) atoms. The van der Waals surface area contributed by atoms with Crippen molar-refractivity contribution in [2.75, 3.05) is 5.88 Å². The van der Waals surface area contributed by atoms with Gasteiger partial charge in [-0.1, -0.05) is 49.6 Å². The molecule has 0 aliphatic heterocycles. The molecule has 3 nitrogen and oxygen atoms in total. The second-order valence-corrected chi connectivity index (χ2v) is 5.71. The molecule has 1 aliphatic rings. The van der Waals surface area contributed by atoms with Gasteiger partial charge in [-0.3, -0.25) is 9.59 Å². The van der Waals surface area contributed by atoms with Crippen LogP contribution in [0.5, 0.6) is 0 Å². The van der Waals surface area contributed by atoms with Crippen LogP contribution in [0.1, 0.15) is 42.5 Å². The summed E-state index contributed by atoms with van der Waals surface area (Å²) in [6.07, 6.45) is 4.57. The summed E-state index contributed by atoms with van der Waals surface area (Å²) >= 11 is 6.00. The molecule has 0 radical (unpaired) electrons. The Hall–Kier alpha value is -1.35. The molecule has 1 aromatic rings. The maximum atomic E-state index is 12.8. The molecule has 4 heteroatoms. The van der Waals surface area contributed by atoms with Crippen molar-refractivity contribution in [2.24, 2.45) is 11.3 Å². The summed E-state index contributed by atoms with van der Waals surface area (Å²) in [6, 6.07) is 8.62. The fraction of sp³-hybridized carbons (Fsp3) is 0.500. The second-order valence-electron chi connectivity index (χ2n) is 5.44. The SMILES string of the molecule is O=C(O)C(CCl)(C(=O)c1ccccc1)C1CCCCC1. The Kier molecular flexibility index (Phi) is 4.81. The minimum Gasteiger partial charge on any atom is -0.480 e. The number of carboxylic acids is 1. The van der Waals surface area contributed by atoms with E-state index in [9.17, 15) is 14.7 Å². The Morgan fingerprint density at radius 3 is 2.25 bits per heavy atom. The number of Topliss-reactive ketones (excluding diaryl/α,β-unsaturated/α-hetero) is 1. The van der Waals surface area contributed by atoms with Crippen molar-refractivity contribution in [1.82, 2.24) is 0 Å². The summed E-state index contributed by atoms with van der Waals surface area (Å²) in [5, 5.41) is 9.70. The summed E-state index contributed by atoms with van der Waals surface area (Å²) in [7, 11) is 0. The highest BCUT2D eigenvalue weighted by Gasteiger charge is 2.51. The molecule has 1 unspecified atom stereocenters. The van der Waals surface area contributed by atoms with E-state index < -0.39 is 11.4 Å². The highest BCUT2D eigenvalue weighted by Crippen LogP contribution is 2.42. The van der Waals surface area contributed by atoms with Crippen LogP contribution in [0.3, 0.4) is 0 Å². The Labute approximate surface area is 123 Å². The monoisotopic (exact) mass is 294 g/mol. The zero-order chi connectivity index (χ0) is 14.6. The normalized spacial score (nSPS) is 19.2. The standard InChI is InChI=1S/C16H19ClO3/c17-11-16(15(19)20,13-9-5-2-6-10-13)14(18)12-7-3-1-4-8-12/h1,3-4,7-8,13H,2,5-6,9-11H2,(H,19,20). The molecule has 108 valence electrons. The van der Waals surface area contributed by atoms with Gasteiger partial charge >= 0.3 is 5.97 Å². The molecule has 1 saturated carbocycles. The van der Waals surface area contributed by atoms with Crippen molar-refractivity contribution in [2.45, 2.75) is 32.1 Å². The number of aliphatic carboxylic acids is 1. The second kappa shape index (κ2) is 6.40. The molecular formula is C16H19ClO3. The minimum atomic E-state index is -1.48. The molecule has 2 rings (SSSR count). The molecule has 1 fully saturated rings. The van der Waals surface area contributed by atoms with Crippen LogP contribution >= 0.6 is 11.6 Å². The van der Waals surface area contributed by atoms with Gasteiger partial charge in [0.25, 0.3) is 0 Å². The van der Waals surface area contributed by atoms with Gasteiger partial charge in [0.05, 0.1) is 0 Å². The quantitative estimate of drug-likeness (QED) is 0.511. The molecule has 0 heterocycles. The number of hydrogen-bond donors (Lipinski definition) is 1. The first-order chi connectivity index (χ1) is 9.63. The van der Waals surface area contributed by atoms with Crippen molar-refractivity contribution in [3.63, 3.8) is 0 Å². The lowest BCUT2D eigenvalue weighted by Gasteiger charge is -2.36. The van der Waals surface area contributed by atoms with Gasteiger partial charge in [-0.2, -0.15) is 0 Å². The van der Waals surface area contributed by atoms with Gasteiger partial charge in [-0.05, 0) is 18.8 Å². The zero-order valence-electron chi connectivity index (χ0n) is 11.3. The van der Waals surface area contributed by atoms with Crippen LogP contribution in [0.25, 0.3) is 0 Å². The van der Waals surface area contributed by atoms with E-state index in [4.69, 9.17) is 11.6 Å². The van der Waals surface area contributed by atoms with E-state index in [-0.39, 0.29) is 17.6 Å². The number of alkyl halides is 1. The average molecular weight is 295 g/mol. The highest BCUT2D eigenvalue weighted by atomic mass is 35.5. The maximum absolute atomic E-state index is 12.8. The van der Waals surface area contributed by atoms with Gasteiger partial charge in [-0.25, -0.2) is 0 Å². The van der Waals surface area contributed by atoms with Crippen molar-refractivity contribution < 1.29 is 14.7 Å². The predicted octanol–water partition coefficient (Wildman–Crippen LogP) is 3.76. The molecule has 1 aliphatic carbocycles. The number of carbonyl (C=O) groups is 2. The van der Waals surface area contributed by atoms with Crippen molar-refractivity contribution in [3.05, 3.63) is 35.9 Å². The van der Waals surface area contributed by atoms with E-state index in [2.05, 4.69) is 0 Å². The Bertz CT molecular complexity index is 480. The molecule has 1 atom stereocenters. The third-order valence-electron chi connectivity index (χ3n) is 4.34. The fourth-order valence-electron chi connectivity index (χ4n) is 3.13. The van der Waals surface area contributed by atoms with Gasteiger partial charge in [0.1, 0.15) is 5.41 Å². The van der Waals surface area contributed by atoms with Gasteiger partial charge in [0.15, 0.2) is 5.78 Å².